The number of rotatable bonds is 9. The van der Waals surface area contributed by atoms with Gasteiger partial charge in [-0.3, -0.25) is 9.89 Å². The molecule has 2 unspecified atom stereocenters. The van der Waals surface area contributed by atoms with E-state index in [2.05, 4.69) is 48.2 Å². The lowest BCUT2D eigenvalue weighted by atomic mass is 10.2. The topological polar surface area (TPSA) is 61.8 Å². The number of aliphatic imine (C=N–C) groups is 1. The third kappa shape index (κ3) is 7.60. The van der Waals surface area contributed by atoms with Crippen LogP contribution in [0.15, 0.2) is 11.2 Å². The van der Waals surface area contributed by atoms with Crippen LogP contribution in [0.2, 0.25) is 0 Å². The lowest BCUT2D eigenvalue weighted by Gasteiger charge is -2.35. The molecule has 0 spiro atoms. The Hall–Kier alpha value is -1.18. The van der Waals surface area contributed by atoms with Gasteiger partial charge in [0.15, 0.2) is 5.96 Å². The fourth-order valence-corrected chi connectivity index (χ4v) is 4.07. The summed E-state index contributed by atoms with van der Waals surface area (Å²) in [7, 11) is 0. The number of guanidine groups is 1. The fourth-order valence-electron chi connectivity index (χ4n) is 3.21. The Balaban J connectivity index is 1.68. The first-order valence-electron chi connectivity index (χ1n) is 9.94. The standard InChI is InChI=1S/C19H35N5OS/c1-5-17-12-23-18(26-17)8-10-22-19(20-6-2)21-9-7-11-24-13-15(3)25-16(4)14-24/h12,15-16H,5-11,13-14H2,1-4H3,(H2,20,21,22). The van der Waals surface area contributed by atoms with E-state index in [0.29, 0.717) is 12.2 Å². The van der Waals surface area contributed by atoms with E-state index < -0.39 is 0 Å². The molecule has 148 valence electrons. The zero-order valence-electron chi connectivity index (χ0n) is 16.8. The molecule has 1 saturated heterocycles. The molecule has 1 aliphatic heterocycles. The van der Waals surface area contributed by atoms with Crippen LogP contribution in [-0.4, -0.2) is 67.3 Å². The summed E-state index contributed by atoms with van der Waals surface area (Å²) in [4.78, 5) is 13.0. The van der Waals surface area contributed by atoms with Crippen LogP contribution in [0.4, 0.5) is 0 Å². The molecule has 0 saturated carbocycles. The largest absolute Gasteiger partial charge is 0.373 e. The summed E-state index contributed by atoms with van der Waals surface area (Å²) >= 11 is 1.81. The summed E-state index contributed by atoms with van der Waals surface area (Å²) in [5.74, 6) is 0.906. The number of nitrogens with one attached hydrogen (secondary N) is 2. The van der Waals surface area contributed by atoms with Gasteiger partial charge in [0.2, 0.25) is 0 Å². The van der Waals surface area contributed by atoms with E-state index in [1.165, 1.54) is 9.88 Å². The summed E-state index contributed by atoms with van der Waals surface area (Å²) < 4.78 is 5.79. The number of aromatic nitrogens is 1. The number of aryl methyl sites for hydroxylation is 1. The lowest BCUT2D eigenvalue weighted by molar-refractivity contribution is -0.0679. The van der Waals surface area contributed by atoms with E-state index in [4.69, 9.17) is 9.73 Å². The van der Waals surface area contributed by atoms with Gasteiger partial charge in [0, 0.05) is 56.8 Å². The van der Waals surface area contributed by atoms with Gasteiger partial charge in [-0.2, -0.15) is 0 Å². The van der Waals surface area contributed by atoms with Gasteiger partial charge in [-0.05, 0) is 33.6 Å². The van der Waals surface area contributed by atoms with E-state index in [1.54, 1.807) is 0 Å². The average molecular weight is 382 g/mol. The van der Waals surface area contributed by atoms with Crippen molar-refractivity contribution in [1.82, 2.24) is 20.5 Å². The molecule has 0 aliphatic carbocycles. The molecular weight excluding hydrogens is 346 g/mol. The van der Waals surface area contributed by atoms with Crippen LogP contribution in [0.3, 0.4) is 0 Å². The maximum atomic E-state index is 5.79. The van der Waals surface area contributed by atoms with Gasteiger partial charge in [0.1, 0.15) is 0 Å². The zero-order chi connectivity index (χ0) is 18.8. The van der Waals surface area contributed by atoms with Crippen molar-refractivity contribution in [1.29, 1.82) is 0 Å². The van der Waals surface area contributed by atoms with Gasteiger partial charge >= 0.3 is 0 Å². The van der Waals surface area contributed by atoms with Crippen molar-refractivity contribution in [2.45, 2.75) is 59.2 Å². The molecule has 0 amide bonds. The van der Waals surface area contributed by atoms with Gasteiger partial charge in [0.05, 0.1) is 17.2 Å². The quantitative estimate of drug-likeness (QED) is 0.390. The highest BCUT2D eigenvalue weighted by Gasteiger charge is 2.21. The molecule has 2 rings (SSSR count). The molecule has 1 aliphatic rings. The monoisotopic (exact) mass is 381 g/mol. The van der Waals surface area contributed by atoms with E-state index in [9.17, 15) is 0 Å². The highest BCUT2D eigenvalue weighted by Crippen LogP contribution is 2.13. The number of ether oxygens (including phenoxy) is 1. The molecule has 1 fully saturated rings. The van der Waals surface area contributed by atoms with Gasteiger partial charge in [-0.25, -0.2) is 4.98 Å². The maximum Gasteiger partial charge on any atom is 0.191 e. The van der Waals surface area contributed by atoms with Crippen molar-refractivity contribution in [2.75, 3.05) is 39.3 Å². The summed E-state index contributed by atoms with van der Waals surface area (Å²) in [5.41, 5.74) is 0. The highest BCUT2D eigenvalue weighted by molar-refractivity contribution is 7.11. The molecule has 2 atom stereocenters. The number of hydrogen-bond acceptors (Lipinski definition) is 5. The van der Waals surface area contributed by atoms with Crippen LogP contribution < -0.4 is 10.6 Å². The van der Waals surface area contributed by atoms with Gasteiger partial charge < -0.3 is 15.4 Å². The number of nitrogens with zero attached hydrogens (tertiary/aromatic N) is 3. The van der Waals surface area contributed by atoms with E-state index in [-0.39, 0.29) is 0 Å². The second kappa shape index (κ2) is 11.5. The van der Waals surface area contributed by atoms with Gasteiger partial charge in [-0.15, -0.1) is 11.3 Å². The summed E-state index contributed by atoms with van der Waals surface area (Å²) in [6.45, 7) is 14.3. The second-order valence-electron chi connectivity index (χ2n) is 6.88. The molecule has 2 heterocycles. The molecule has 2 N–H and O–H groups in total. The van der Waals surface area contributed by atoms with Crippen molar-refractivity contribution in [2.24, 2.45) is 4.99 Å². The number of hydrogen-bond donors (Lipinski definition) is 2. The smallest absolute Gasteiger partial charge is 0.191 e. The van der Waals surface area contributed by atoms with E-state index in [0.717, 1.165) is 64.5 Å². The van der Waals surface area contributed by atoms with Crippen molar-refractivity contribution in [3.63, 3.8) is 0 Å². The van der Waals surface area contributed by atoms with Gasteiger partial charge in [-0.1, -0.05) is 6.92 Å². The zero-order valence-corrected chi connectivity index (χ0v) is 17.6. The maximum absolute atomic E-state index is 5.79. The Morgan fingerprint density at radius 1 is 1.31 bits per heavy atom. The Morgan fingerprint density at radius 2 is 2.08 bits per heavy atom. The fraction of sp³-hybridized carbons (Fsp3) is 0.789. The van der Waals surface area contributed by atoms with Crippen molar-refractivity contribution in [3.05, 3.63) is 16.1 Å². The third-order valence-corrected chi connectivity index (χ3v) is 5.52. The predicted molar refractivity (Wildman–Crippen MR) is 110 cm³/mol. The van der Waals surface area contributed by atoms with Crippen LogP contribution in [-0.2, 0) is 17.6 Å². The molecule has 0 radical (unpaired) electrons. The number of morpholine rings is 1. The Labute approximate surface area is 162 Å². The van der Waals surface area contributed by atoms with Crippen LogP contribution in [0.1, 0.15) is 44.0 Å². The molecule has 0 bridgehead atoms. The molecule has 1 aromatic heterocycles. The first-order valence-corrected chi connectivity index (χ1v) is 10.8. The normalized spacial score (nSPS) is 21.8. The van der Waals surface area contributed by atoms with Gasteiger partial charge in [0.25, 0.3) is 0 Å². The summed E-state index contributed by atoms with van der Waals surface area (Å²) in [5, 5.41) is 7.94. The van der Waals surface area contributed by atoms with E-state index in [1.807, 2.05) is 17.5 Å². The van der Waals surface area contributed by atoms with Crippen LogP contribution in [0.5, 0.6) is 0 Å². The molecule has 7 heteroatoms. The molecule has 26 heavy (non-hydrogen) atoms. The first-order chi connectivity index (χ1) is 12.6. The summed E-state index contributed by atoms with van der Waals surface area (Å²) in [6, 6.07) is 0. The predicted octanol–water partition coefficient (Wildman–Crippen LogP) is 2.30. The van der Waals surface area contributed by atoms with Crippen molar-refractivity contribution >= 4 is 17.3 Å². The Kier molecular flexibility index (Phi) is 9.36. The minimum absolute atomic E-state index is 0.334. The molecule has 6 nitrogen and oxygen atoms in total. The SMILES string of the molecule is CCNC(=NCCCN1CC(C)OC(C)C1)NCCc1ncc(CC)s1. The Morgan fingerprint density at radius 3 is 2.73 bits per heavy atom. The highest BCUT2D eigenvalue weighted by atomic mass is 32.1. The van der Waals surface area contributed by atoms with Crippen molar-refractivity contribution < 1.29 is 4.74 Å². The number of thiazole rings is 1. The molecular formula is C19H35N5OS. The van der Waals surface area contributed by atoms with Crippen LogP contribution in [0, 0.1) is 0 Å². The minimum Gasteiger partial charge on any atom is -0.373 e. The molecule has 1 aromatic rings. The second-order valence-corrected chi connectivity index (χ2v) is 8.08. The van der Waals surface area contributed by atoms with Crippen LogP contribution >= 0.6 is 11.3 Å². The Bertz CT molecular complexity index is 538. The minimum atomic E-state index is 0.334. The van der Waals surface area contributed by atoms with Crippen LogP contribution in [0.25, 0.3) is 0 Å². The molecule has 0 aromatic carbocycles. The lowest BCUT2D eigenvalue weighted by Crippen LogP contribution is -2.45. The first kappa shape index (κ1) is 21.1. The van der Waals surface area contributed by atoms with Crippen molar-refractivity contribution in [3.8, 4) is 0 Å². The summed E-state index contributed by atoms with van der Waals surface area (Å²) in [6.07, 6.45) is 5.74. The van der Waals surface area contributed by atoms with E-state index >= 15 is 0 Å². The average Bonchev–Trinajstić information content (AvgIpc) is 3.06. The third-order valence-electron chi connectivity index (χ3n) is 4.32.